The third-order valence-corrected chi connectivity index (χ3v) is 3.93. The largest absolute Gasteiger partial charge is 0.495 e. The number of hydrogen-bond donors (Lipinski definition) is 0. The van der Waals surface area contributed by atoms with Crippen LogP contribution in [0.25, 0.3) is 5.47 Å². The quantitative estimate of drug-likeness (QED) is 0.738. The smallest absolute Gasteiger partial charge is 0.399 e. The van der Waals surface area contributed by atoms with Gasteiger partial charge in [-0.1, -0.05) is 36.4 Å². The normalized spacial score (nSPS) is 22.3. The molecule has 1 aromatic rings. The molecule has 0 unspecified atom stereocenters. The van der Waals surface area contributed by atoms with Crippen LogP contribution in [0.4, 0.5) is 0 Å². The summed E-state index contributed by atoms with van der Waals surface area (Å²) in [5.41, 5.74) is 1.66. The van der Waals surface area contributed by atoms with Crippen molar-refractivity contribution in [2.45, 2.75) is 45.8 Å². The Kier molecular flexibility index (Phi) is 3.39. The Morgan fingerprint density at radius 1 is 1.00 bits per heavy atom. The first-order valence-corrected chi connectivity index (χ1v) is 6.45. The molecule has 0 bridgehead atoms. The minimum atomic E-state index is -0.291. The van der Waals surface area contributed by atoms with Crippen LogP contribution in [0.15, 0.2) is 36.4 Å². The lowest BCUT2D eigenvalue weighted by Crippen LogP contribution is -2.41. The van der Waals surface area contributed by atoms with Crippen LogP contribution < -0.4 is 0 Å². The summed E-state index contributed by atoms with van der Waals surface area (Å²) in [6.45, 7) is 10.3. The minimum Gasteiger partial charge on any atom is -0.399 e. The highest BCUT2D eigenvalue weighted by molar-refractivity contribution is 6.68. The zero-order valence-electron chi connectivity index (χ0n) is 11.9. The van der Waals surface area contributed by atoms with Crippen LogP contribution in [-0.2, 0) is 9.31 Å². The average Bonchev–Trinajstić information content (AvgIpc) is 2.50. The van der Waals surface area contributed by atoms with Gasteiger partial charge in [0, 0.05) is 0 Å². The van der Waals surface area contributed by atoms with E-state index in [1.807, 2.05) is 25.1 Å². The first-order valence-electron chi connectivity index (χ1n) is 6.45. The second-order valence-corrected chi connectivity index (χ2v) is 5.70. The Balaban J connectivity index is 2.28. The fourth-order valence-electron chi connectivity index (χ4n) is 2.04. The van der Waals surface area contributed by atoms with Gasteiger partial charge in [-0.15, -0.1) is 0 Å². The lowest BCUT2D eigenvalue weighted by atomic mass is 9.74. The van der Waals surface area contributed by atoms with Crippen molar-refractivity contribution < 1.29 is 9.31 Å². The van der Waals surface area contributed by atoms with Gasteiger partial charge in [0.15, 0.2) is 0 Å². The summed E-state index contributed by atoms with van der Waals surface area (Å²) in [6.07, 6.45) is 2.07. The van der Waals surface area contributed by atoms with E-state index in [0.717, 1.165) is 11.0 Å². The number of allylic oxidation sites excluding steroid dienone is 1. The van der Waals surface area contributed by atoms with Gasteiger partial charge in [-0.3, -0.25) is 0 Å². The van der Waals surface area contributed by atoms with Crippen LogP contribution in [-0.4, -0.2) is 18.3 Å². The second-order valence-electron chi connectivity index (χ2n) is 5.70. The van der Waals surface area contributed by atoms with Crippen molar-refractivity contribution in [3.05, 3.63) is 42.0 Å². The summed E-state index contributed by atoms with van der Waals surface area (Å²) in [5.74, 6) is 0. The molecule has 0 saturated carbocycles. The van der Waals surface area contributed by atoms with Gasteiger partial charge in [0.2, 0.25) is 0 Å². The molecule has 1 heterocycles. The highest BCUT2D eigenvalue weighted by atomic mass is 16.7. The van der Waals surface area contributed by atoms with E-state index in [4.69, 9.17) is 9.31 Å². The first-order chi connectivity index (χ1) is 8.37. The molecule has 1 fully saturated rings. The maximum Gasteiger partial charge on any atom is 0.495 e. The highest BCUT2D eigenvalue weighted by Crippen LogP contribution is 2.40. The van der Waals surface area contributed by atoms with E-state index in [0.29, 0.717) is 0 Å². The minimum absolute atomic E-state index is 0.289. The molecule has 0 radical (unpaired) electrons. The maximum absolute atomic E-state index is 6.08. The van der Waals surface area contributed by atoms with E-state index in [2.05, 4.69) is 45.9 Å². The van der Waals surface area contributed by atoms with Crippen molar-refractivity contribution >= 4 is 12.6 Å². The van der Waals surface area contributed by atoms with Crippen molar-refractivity contribution in [3.8, 4) is 0 Å². The van der Waals surface area contributed by atoms with Crippen LogP contribution in [0.2, 0.25) is 0 Å². The van der Waals surface area contributed by atoms with Gasteiger partial charge in [-0.2, -0.15) is 0 Å². The van der Waals surface area contributed by atoms with E-state index in [1.165, 1.54) is 0 Å². The molecule has 18 heavy (non-hydrogen) atoms. The third kappa shape index (κ3) is 2.25. The zero-order valence-corrected chi connectivity index (χ0v) is 11.9. The molecule has 3 heteroatoms. The predicted octanol–water partition coefficient (Wildman–Crippen LogP) is 3.72. The number of benzene rings is 1. The van der Waals surface area contributed by atoms with Crippen molar-refractivity contribution in [1.82, 2.24) is 0 Å². The topological polar surface area (TPSA) is 18.5 Å². The summed E-state index contributed by atoms with van der Waals surface area (Å²) >= 11 is 0. The van der Waals surface area contributed by atoms with Crippen LogP contribution in [0.5, 0.6) is 0 Å². The van der Waals surface area contributed by atoms with E-state index in [-0.39, 0.29) is 18.3 Å². The summed E-state index contributed by atoms with van der Waals surface area (Å²) in [7, 11) is -0.289. The van der Waals surface area contributed by atoms with Gasteiger partial charge >= 0.3 is 7.12 Å². The lowest BCUT2D eigenvalue weighted by molar-refractivity contribution is 0.00578. The maximum atomic E-state index is 6.08. The summed E-state index contributed by atoms with van der Waals surface area (Å²) < 4.78 is 12.2. The molecule has 0 atom stereocenters. The SMILES string of the molecule is CC=C(B1OC(C)(C)C(C)(C)O1)c1ccccc1. The van der Waals surface area contributed by atoms with E-state index < -0.39 is 0 Å². The van der Waals surface area contributed by atoms with Gasteiger partial charge < -0.3 is 9.31 Å². The fraction of sp³-hybridized carbons (Fsp3) is 0.467. The van der Waals surface area contributed by atoms with Gasteiger partial charge in [-0.25, -0.2) is 0 Å². The first kappa shape index (κ1) is 13.4. The van der Waals surface area contributed by atoms with E-state index in [1.54, 1.807) is 0 Å². The van der Waals surface area contributed by atoms with Crippen LogP contribution in [0.1, 0.15) is 40.2 Å². The molecule has 2 rings (SSSR count). The summed E-state index contributed by atoms with van der Waals surface area (Å²) in [4.78, 5) is 0. The third-order valence-electron chi connectivity index (χ3n) is 3.93. The van der Waals surface area contributed by atoms with E-state index >= 15 is 0 Å². The lowest BCUT2D eigenvalue weighted by Gasteiger charge is -2.32. The molecule has 0 spiro atoms. The molecule has 1 aliphatic heterocycles. The van der Waals surface area contributed by atoms with Crippen molar-refractivity contribution in [3.63, 3.8) is 0 Å². The Morgan fingerprint density at radius 3 is 1.94 bits per heavy atom. The standard InChI is InChI=1S/C15H21BO2/c1-6-13(12-10-8-7-9-11-12)16-17-14(2,3)15(4,5)18-16/h6-11H,1-5H3. The van der Waals surface area contributed by atoms with Crippen LogP contribution >= 0.6 is 0 Å². The van der Waals surface area contributed by atoms with Gasteiger partial charge in [0.25, 0.3) is 0 Å². The van der Waals surface area contributed by atoms with Crippen molar-refractivity contribution in [1.29, 1.82) is 0 Å². The zero-order chi connectivity index (χ0) is 13.4. The summed E-state index contributed by atoms with van der Waals surface area (Å²) in [5, 5.41) is 0. The molecule has 2 nitrogen and oxygen atoms in total. The molecule has 1 aliphatic rings. The molecule has 0 aliphatic carbocycles. The Morgan fingerprint density at radius 2 is 1.50 bits per heavy atom. The molecular formula is C15H21BO2. The van der Waals surface area contributed by atoms with Crippen LogP contribution in [0, 0.1) is 0 Å². The molecule has 1 aromatic carbocycles. The molecule has 96 valence electrons. The molecule has 0 amide bonds. The van der Waals surface area contributed by atoms with Gasteiger partial charge in [-0.05, 0) is 45.7 Å². The van der Waals surface area contributed by atoms with Gasteiger partial charge in [0.1, 0.15) is 0 Å². The van der Waals surface area contributed by atoms with Crippen LogP contribution in [0.3, 0.4) is 0 Å². The highest BCUT2D eigenvalue weighted by Gasteiger charge is 2.52. The van der Waals surface area contributed by atoms with Crippen molar-refractivity contribution in [2.75, 3.05) is 0 Å². The van der Waals surface area contributed by atoms with E-state index in [9.17, 15) is 0 Å². The Labute approximate surface area is 110 Å². The Bertz CT molecular complexity index is 433. The summed E-state index contributed by atoms with van der Waals surface area (Å²) in [6, 6.07) is 10.2. The molecular weight excluding hydrogens is 223 g/mol. The molecule has 0 aromatic heterocycles. The number of rotatable bonds is 2. The van der Waals surface area contributed by atoms with Gasteiger partial charge in [0.05, 0.1) is 11.2 Å². The number of hydrogen-bond acceptors (Lipinski definition) is 2. The Hall–Kier alpha value is -1.06. The fourth-order valence-corrected chi connectivity index (χ4v) is 2.04. The predicted molar refractivity (Wildman–Crippen MR) is 76.2 cm³/mol. The van der Waals surface area contributed by atoms with Crippen molar-refractivity contribution in [2.24, 2.45) is 0 Å². The second kappa shape index (κ2) is 4.56. The molecule has 0 N–H and O–H groups in total. The monoisotopic (exact) mass is 244 g/mol. The molecule has 1 saturated heterocycles. The average molecular weight is 244 g/mol.